The first-order valence-electron chi connectivity index (χ1n) is 3.68. The van der Waals surface area contributed by atoms with Crippen molar-refractivity contribution in [3.05, 3.63) is 0 Å². The summed E-state index contributed by atoms with van der Waals surface area (Å²) < 4.78 is 0. The molecule has 0 radical (unpaired) electrons. The van der Waals surface area contributed by atoms with Crippen LogP contribution in [0.15, 0.2) is 0 Å². The second kappa shape index (κ2) is 2.54. The van der Waals surface area contributed by atoms with Gasteiger partial charge in [-0.1, -0.05) is 13.8 Å². The fourth-order valence-electron chi connectivity index (χ4n) is 1.20. The maximum Gasteiger partial charge on any atom is 0.134 e. The molecule has 0 bridgehead atoms. The van der Waals surface area contributed by atoms with E-state index in [1.165, 1.54) is 0 Å². The number of rotatable bonds is 0. The Morgan fingerprint density at radius 1 is 1.60 bits per heavy atom. The highest BCUT2D eigenvalue weighted by atomic mass is 35.5. The molecule has 0 saturated heterocycles. The van der Waals surface area contributed by atoms with Crippen molar-refractivity contribution >= 4 is 17.4 Å². The highest BCUT2D eigenvalue weighted by Crippen LogP contribution is 2.37. The Morgan fingerprint density at radius 2 is 2.20 bits per heavy atom. The third-order valence-electron chi connectivity index (χ3n) is 2.30. The Balaban J connectivity index is 2.60. The fraction of sp³-hybridized carbons (Fsp3) is 0.875. The van der Waals surface area contributed by atoms with Crippen LogP contribution in [0.2, 0.25) is 0 Å². The zero-order valence-electron chi connectivity index (χ0n) is 6.48. The van der Waals surface area contributed by atoms with Crippen molar-refractivity contribution in [1.82, 2.24) is 0 Å². The van der Waals surface area contributed by atoms with E-state index in [1.807, 2.05) is 0 Å². The quantitative estimate of drug-likeness (QED) is 0.498. The van der Waals surface area contributed by atoms with Gasteiger partial charge in [-0.05, 0) is 11.8 Å². The van der Waals surface area contributed by atoms with Crippen molar-refractivity contribution in [3.8, 4) is 0 Å². The molecule has 0 N–H and O–H groups in total. The predicted molar refractivity (Wildman–Crippen MR) is 42.3 cm³/mol. The number of carbonyl (C=O) groups excluding carboxylic acids is 1. The molecule has 1 saturated carbocycles. The average Bonchev–Trinajstić information content (AvgIpc) is 1.81. The van der Waals surface area contributed by atoms with Gasteiger partial charge in [-0.3, -0.25) is 4.79 Å². The number of Topliss-reactive ketones (excluding diaryl/α,β-unsaturated/α-hetero) is 1. The van der Waals surface area contributed by atoms with Crippen LogP contribution in [0.5, 0.6) is 0 Å². The summed E-state index contributed by atoms with van der Waals surface area (Å²) in [5.41, 5.74) is 0.162. The number of hydrogen-bond acceptors (Lipinski definition) is 1. The zero-order valence-corrected chi connectivity index (χ0v) is 7.24. The lowest BCUT2D eigenvalue weighted by Crippen LogP contribution is -2.32. The lowest BCUT2D eigenvalue weighted by atomic mass is 9.76. The number of hydrogen-bond donors (Lipinski definition) is 0. The molecule has 0 spiro atoms. The van der Waals surface area contributed by atoms with Crippen molar-refractivity contribution in [3.63, 3.8) is 0 Å². The van der Waals surface area contributed by atoms with E-state index in [1.54, 1.807) is 0 Å². The van der Waals surface area contributed by atoms with E-state index in [0.29, 0.717) is 12.2 Å². The van der Waals surface area contributed by atoms with Crippen molar-refractivity contribution < 1.29 is 4.79 Å². The van der Waals surface area contributed by atoms with Crippen LogP contribution in [0.4, 0.5) is 0 Å². The first kappa shape index (κ1) is 8.06. The molecule has 0 aromatic carbocycles. The average molecular weight is 161 g/mol. The molecule has 1 aliphatic rings. The summed E-state index contributed by atoms with van der Waals surface area (Å²) in [5.74, 6) is 0.319. The molecule has 1 rings (SSSR count). The first-order valence-corrected chi connectivity index (χ1v) is 4.12. The summed E-state index contributed by atoms with van der Waals surface area (Å²) in [7, 11) is 0. The summed E-state index contributed by atoms with van der Waals surface area (Å²) in [4.78, 5) is 10.9. The molecule has 1 fully saturated rings. The maximum absolute atomic E-state index is 10.9. The summed E-state index contributed by atoms with van der Waals surface area (Å²) >= 11 is 5.98. The highest BCUT2D eigenvalue weighted by molar-refractivity contribution is 6.22. The summed E-state index contributed by atoms with van der Waals surface area (Å²) in [6.45, 7) is 4.24. The molecule has 0 aromatic heterocycles. The van der Waals surface area contributed by atoms with Crippen LogP contribution in [-0.2, 0) is 4.79 Å². The van der Waals surface area contributed by atoms with E-state index in [4.69, 9.17) is 11.6 Å². The van der Waals surface area contributed by atoms with E-state index < -0.39 is 0 Å². The standard InChI is InChI=1S/C8H13ClO/c1-8(2)4-3-6(10)5-7(8)9/h7H,3-5H2,1-2H3. The summed E-state index contributed by atoms with van der Waals surface area (Å²) in [6.07, 6.45) is 2.23. The van der Waals surface area contributed by atoms with Crippen molar-refractivity contribution in [2.45, 2.75) is 38.5 Å². The van der Waals surface area contributed by atoms with E-state index in [-0.39, 0.29) is 10.8 Å². The monoisotopic (exact) mass is 160 g/mol. The van der Waals surface area contributed by atoms with Crippen LogP contribution in [0, 0.1) is 5.41 Å². The van der Waals surface area contributed by atoms with Gasteiger partial charge >= 0.3 is 0 Å². The maximum atomic E-state index is 10.9. The molecular weight excluding hydrogens is 148 g/mol. The van der Waals surface area contributed by atoms with Gasteiger partial charge in [0.25, 0.3) is 0 Å². The molecule has 1 atom stereocenters. The molecular formula is C8H13ClO. The summed E-state index contributed by atoms with van der Waals surface area (Å²) in [5, 5.41) is 0.0498. The van der Waals surface area contributed by atoms with Gasteiger partial charge in [0.1, 0.15) is 5.78 Å². The Hall–Kier alpha value is -0.0400. The molecule has 10 heavy (non-hydrogen) atoms. The third kappa shape index (κ3) is 1.51. The normalized spacial score (nSPS) is 32.3. The molecule has 1 aliphatic carbocycles. The highest BCUT2D eigenvalue weighted by Gasteiger charge is 2.33. The number of halogens is 1. The van der Waals surface area contributed by atoms with Crippen molar-refractivity contribution in [2.75, 3.05) is 0 Å². The largest absolute Gasteiger partial charge is 0.300 e. The Labute approximate surface area is 66.8 Å². The van der Waals surface area contributed by atoms with E-state index >= 15 is 0 Å². The Morgan fingerprint density at radius 3 is 2.60 bits per heavy atom. The first-order chi connectivity index (χ1) is 4.52. The van der Waals surface area contributed by atoms with Gasteiger partial charge in [0.2, 0.25) is 0 Å². The minimum absolute atomic E-state index is 0.0498. The van der Waals surface area contributed by atoms with Gasteiger partial charge in [0, 0.05) is 18.2 Å². The van der Waals surface area contributed by atoms with Gasteiger partial charge < -0.3 is 0 Å². The third-order valence-corrected chi connectivity index (χ3v) is 3.05. The van der Waals surface area contributed by atoms with E-state index in [9.17, 15) is 4.79 Å². The Bertz CT molecular complexity index is 151. The minimum atomic E-state index is 0.0498. The van der Waals surface area contributed by atoms with Gasteiger partial charge in [-0.15, -0.1) is 11.6 Å². The van der Waals surface area contributed by atoms with Gasteiger partial charge in [-0.25, -0.2) is 0 Å². The second-order valence-electron chi connectivity index (χ2n) is 3.70. The van der Waals surface area contributed by atoms with Crippen LogP contribution >= 0.6 is 11.6 Å². The summed E-state index contributed by atoms with van der Waals surface area (Å²) in [6, 6.07) is 0. The number of carbonyl (C=O) groups is 1. The molecule has 0 aliphatic heterocycles. The molecule has 1 nitrogen and oxygen atoms in total. The van der Waals surface area contributed by atoms with Crippen LogP contribution in [-0.4, -0.2) is 11.2 Å². The Kier molecular flexibility index (Phi) is 2.04. The van der Waals surface area contributed by atoms with Gasteiger partial charge in [-0.2, -0.15) is 0 Å². The van der Waals surface area contributed by atoms with E-state index in [0.717, 1.165) is 12.8 Å². The predicted octanol–water partition coefficient (Wildman–Crippen LogP) is 2.37. The smallest absolute Gasteiger partial charge is 0.134 e. The lowest BCUT2D eigenvalue weighted by molar-refractivity contribution is -0.121. The molecule has 0 amide bonds. The topological polar surface area (TPSA) is 17.1 Å². The van der Waals surface area contributed by atoms with Crippen molar-refractivity contribution in [1.29, 1.82) is 0 Å². The number of ketones is 1. The second-order valence-corrected chi connectivity index (χ2v) is 4.23. The van der Waals surface area contributed by atoms with Crippen LogP contribution in [0.1, 0.15) is 33.1 Å². The van der Waals surface area contributed by atoms with Gasteiger partial charge in [0.15, 0.2) is 0 Å². The van der Waals surface area contributed by atoms with Crippen molar-refractivity contribution in [2.24, 2.45) is 5.41 Å². The van der Waals surface area contributed by atoms with Gasteiger partial charge in [0.05, 0.1) is 0 Å². The molecule has 0 heterocycles. The minimum Gasteiger partial charge on any atom is -0.300 e. The SMILES string of the molecule is CC1(C)CCC(=O)CC1Cl. The van der Waals surface area contributed by atoms with Crippen LogP contribution < -0.4 is 0 Å². The molecule has 2 heteroatoms. The molecule has 58 valence electrons. The fourth-order valence-corrected chi connectivity index (χ4v) is 1.48. The van der Waals surface area contributed by atoms with Crippen LogP contribution in [0.3, 0.4) is 0 Å². The lowest BCUT2D eigenvalue weighted by Gasteiger charge is -2.33. The molecule has 0 aromatic rings. The van der Waals surface area contributed by atoms with Crippen LogP contribution in [0.25, 0.3) is 0 Å². The van der Waals surface area contributed by atoms with E-state index in [2.05, 4.69) is 13.8 Å². The zero-order chi connectivity index (χ0) is 7.78. The number of alkyl halides is 1. The molecule has 1 unspecified atom stereocenters.